The quantitative estimate of drug-likeness (QED) is 0.559. The third kappa shape index (κ3) is 3.70. The van der Waals surface area contributed by atoms with Gasteiger partial charge >= 0.3 is 6.03 Å². The Bertz CT molecular complexity index is 938. The molecule has 2 bridgehead atoms. The van der Waals surface area contributed by atoms with Crippen LogP contribution in [0.25, 0.3) is 10.9 Å². The Morgan fingerprint density at radius 3 is 2.89 bits per heavy atom. The van der Waals surface area contributed by atoms with Gasteiger partial charge in [0.15, 0.2) is 5.82 Å². The molecule has 1 aromatic carbocycles. The van der Waals surface area contributed by atoms with Gasteiger partial charge < -0.3 is 16.0 Å². The van der Waals surface area contributed by atoms with E-state index in [9.17, 15) is 4.79 Å². The van der Waals surface area contributed by atoms with Crippen molar-refractivity contribution in [1.82, 2.24) is 25.4 Å². The number of benzene rings is 1. The molecule has 27 heavy (non-hydrogen) atoms. The summed E-state index contributed by atoms with van der Waals surface area (Å²) in [6.07, 6.45) is 1.80. The first-order valence-electron chi connectivity index (χ1n) is 9.18. The maximum absolute atomic E-state index is 12.6. The third-order valence-electron chi connectivity index (χ3n) is 4.61. The van der Waals surface area contributed by atoms with Gasteiger partial charge in [-0.1, -0.05) is 30.3 Å². The molecule has 1 atom stereocenters. The fourth-order valence-corrected chi connectivity index (χ4v) is 3.31. The van der Waals surface area contributed by atoms with Crippen LogP contribution in [0.5, 0.6) is 0 Å². The zero-order chi connectivity index (χ0) is 18.6. The molecule has 0 saturated carbocycles. The number of fused-ring (bicyclic) bond motifs is 4. The van der Waals surface area contributed by atoms with Crippen molar-refractivity contribution in [2.45, 2.75) is 19.5 Å². The molecule has 8 nitrogen and oxygen atoms in total. The minimum Gasteiger partial charge on any atom is -0.367 e. The molecular formula is C19H23N7O. The average molecular weight is 365 g/mol. The monoisotopic (exact) mass is 365 g/mol. The van der Waals surface area contributed by atoms with Crippen molar-refractivity contribution in [2.75, 3.05) is 30.3 Å². The lowest BCUT2D eigenvalue weighted by Crippen LogP contribution is -2.39. The second-order valence-corrected chi connectivity index (χ2v) is 6.45. The van der Waals surface area contributed by atoms with Crippen LogP contribution in [0.1, 0.15) is 18.5 Å². The van der Waals surface area contributed by atoms with Crippen LogP contribution in [0.15, 0.2) is 42.6 Å². The van der Waals surface area contributed by atoms with Crippen molar-refractivity contribution in [3.8, 4) is 0 Å². The van der Waals surface area contributed by atoms with E-state index in [1.807, 2.05) is 48.0 Å². The molecule has 140 valence electrons. The predicted octanol–water partition coefficient (Wildman–Crippen LogP) is 2.33. The molecule has 4 rings (SSSR count). The first-order valence-corrected chi connectivity index (χ1v) is 9.18. The number of hydrogen-bond donors (Lipinski definition) is 4. The zero-order valence-corrected chi connectivity index (χ0v) is 15.2. The number of carbonyl (C=O) groups excluding carboxylic acids is 1. The minimum atomic E-state index is -0.285. The summed E-state index contributed by atoms with van der Waals surface area (Å²) < 4.78 is 1.90. The fourth-order valence-electron chi connectivity index (χ4n) is 3.31. The Labute approximate surface area is 157 Å². The summed E-state index contributed by atoms with van der Waals surface area (Å²) in [7, 11) is 0. The van der Waals surface area contributed by atoms with E-state index in [1.165, 1.54) is 0 Å². The van der Waals surface area contributed by atoms with Crippen LogP contribution in [-0.4, -0.2) is 40.4 Å². The molecule has 0 spiro atoms. The highest BCUT2D eigenvalue weighted by molar-refractivity contribution is 5.95. The highest BCUT2D eigenvalue weighted by Gasteiger charge is 2.17. The molecule has 2 aromatic heterocycles. The zero-order valence-electron chi connectivity index (χ0n) is 15.2. The number of carbonyl (C=O) groups is 1. The lowest BCUT2D eigenvalue weighted by molar-refractivity contribution is 0.248. The standard InChI is InChI=1S/C19H23N7O/c1-2-26-17-14(11-22-26)10-16-24-18(17)21-9-8-20-12-15(23-19(27)25-16)13-6-4-3-5-7-13/h3-7,10-11,15,20H,2,8-9,12H2,1H3,(H3,21,23,24,25,27)/t15-/m1/s1. The first kappa shape index (κ1) is 17.3. The highest BCUT2D eigenvalue weighted by atomic mass is 16.2. The second kappa shape index (κ2) is 7.63. The van der Waals surface area contributed by atoms with Gasteiger partial charge in [0.05, 0.1) is 12.2 Å². The Morgan fingerprint density at radius 1 is 1.22 bits per heavy atom. The third-order valence-corrected chi connectivity index (χ3v) is 4.61. The Balaban J connectivity index is 1.65. The number of rotatable bonds is 2. The molecule has 0 unspecified atom stereocenters. The Kier molecular flexibility index (Phi) is 4.88. The van der Waals surface area contributed by atoms with Gasteiger partial charge in [0.1, 0.15) is 11.3 Å². The number of pyridine rings is 1. The van der Waals surface area contributed by atoms with E-state index in [1.54, 1.807) is 6.20 Å². The van der Waals surface area contributed by atoms with E-state index in [2.05, 4.69) is 31.3 Å². The number of aryl methyl sites for hydroxylation is 1. The van der Waals surface area contributed by atoms with Gasteiger partial charge in [0, 0.05) is 31.6 Å². The van der Waals surface area contributed by atoms with E-state index < -0.39 is 0 Å². The number of aromatic nitrogens is 3. The average Bonchev–Trinajstić information content (AvgIpc) is 3.09. The molecule has 1 aliphatic heterocycles. The van der Waals surface area contributed by atoms with Crippen molar-refractivity contribution in [3.63, 3.8) is 0 Å². The topological polar surface area (TPSA) is 95.9 Å². The molecule has 8 heteroatoms. The molecule has 1 aliphatic rings. The summed E-state index contributed by atoms with van der Waals surface area (Å²) in [5.41, 5.74) is 2.00. The Hall–Kier alpha value is -3.13. The molecule has 0 aliphatic carbocycles. The second-order valence-electron chi connectivity index (χ2n) is 6.45. The summed E-state index contributed by atoms with van der Waals surface area (Å²) >= 11 is 0. The predicted molar refractivity (Wildman–Crippen MR) is 106 cm³/mol. The summed E-state index contributed by atoms with van der Waals surface area (Å²) in [5.74, 6) is 1.22. The number of hydrogen-bond acceptors (Lipinski definition) is 5. The fraction of sp³-hybridized carbons (Fsp3) is 0.316. The van der Waals surface area contributed by atoms with Crippen molar-refractivity contribution in [1.29, 1.82) is 0 Å². The van der Waals surface area contributed by atoms with Crippen LogP contribution in [-0.2, 0) is 6.54 Å². The number of nitrogens with one attached hydrogen (secondary N) is 4. The lowest BCUT2D eigenvalue weighted by atomic mass is 10.1. The van der Waals surface area contributed by atoms with Gasteiger partial charge in [-0.25, -0.2) is 9.78 Å². The summed E-state index contributed by atoms with van der Waals surface area (Å²) in [4.78, 5) is 17.1. The minimum absolute atomic E-state index is 0.128. The molecule has 2 amide bonds. The maximum Gasteiger partial charge on any atom is 0.320 e. The van der Waals surface area contributed by atoms with E-state index in [0.29, 0.717) is 12.4 Å². The highest BCUT2D eigenvalue weighted by Crippen LogP contribution is 2.25. The van der Waals surface area contributed by atoms with Crippen molar-refractivity contribution < 1.29 is 4.79 Å². The van der Waals surface area contributed by atoms with Crippen LogP contribution in [0.3, 0.4) is 0 Å². The number of amides is 2. The maximum atomic E-state index is 12.6. The van der Waals surface area contributed by atoms with Crippen LogP contribution >= 0.6 is 0 Å². The SMILES string of the molecule is CCn1ncc2cc3nc(c21)NCCNC[C@H](c1ccccc1)NC(=O)N3. The van der Waals surface area contributed by atoms with Gasteiger partial charge in [-0.3, -0.25) is 10.00 Å². The van der Waals surface area contributed by atoms with Crippen LogP contribution < -0.4 is 21.3 Å². The summed E-state index contributed by atoms with van der Waals surface area (Å²) in [5, 5.41) is 18.0. The summed E-state index contributed by atoms with van der Waals surface area (Å²) in [6, 6.07) is 11.4. The van der Waals surface area contributed by atoms with Gasteiger partial charge in [0.2, 0.25) is 0 Å². The number of nitrogens with zero attached hydrogens (tertiary/aromatic N) is 3. The summed E-state index contributed by atoms with van der Waals surface area (Å²) in [6.45, 7) is 4.91. The molecule has 3 aromatic rings. The lowest BCUT2D eigenvalue weighted by Gasteiger charge is -2.21. The van der Waals surface area contributed by atoms with Gasteiger partial charge in [-0.15, -0.1) is 0 Å². The molecule has 0 radical (unpaired) electrons. The molecule has 4 N–H and O–H groups in total. The number of anilines is 2. The van der Waals surface area contributed by atoms with E-state index in [-0.39, 0.29) is 12.1 Å². The molecule has 0 saturated heterocycles. The van der Waals surface area contributed by atoms with Crippen LogP contribution in [0.4, 0.5) is 16.4 Å². The van der Waals surface area contributed by atoms with Gasteiger partial charge in [-0.05, 0) is 18.6 Å². The van der Waals surface area contributed by atoms with Gasteiger partial charge in [0.25, 0.3) is 0 Å². The Morgan fingerprint density at radius 2 is 2.07 bits per heavy atom. The van der Waals surface area contributed by atoms with Crippen molar-refractivity contribution >= 4 is 28.6 Å². The van der Waals surface area contributed by atoms with Gasteiger partial charge in [-0.2, -0.15) is 5.10 Å². The van der Waals surface area contributed by atoms with E-state index in [4.69, 9.17) is 0 Å². The van der Waals surface area contributed by atoms with Crippen LogP contribution in [0.2, 0.25) is 0 Å². The largest absolute Gasteiger partial charge is 0.367 e. The number of urea groups is 1. The smallest absolute Gasteiger partial charge is 0.320 e. The van der Waals surface area contributed by atoms with Crippen LogP contribution in [0, 0.1) is 0 Å². The van der Waals surface area contributed by atoms with E-state index >= 15 is 0 Å². The van der Waals surface area contributed by atoms with Crippen molar-refractivity contribution in [3.05, 3.63) is 48.2 Å². The van der Waals surface area contributed by atoms with E-state index in [0.717, 1.165) is 41.9 Å². The first-order chi connectivity index (χ1) is 13.2. The molecule has 0 fully saturated rings. The molecular weight excluding hydrogens is 342 g/mol. The normalized spacial score (nSPS) is 18.0. The molecule has 3 heterocycles. The van der Waals surface area contributed by atoms with Crippen molar-refractivity contribution in [2.24, 2.45) is 0 Å².